The summed E-state index contributed by atoms with van der Waals surface area (Å²) in [6.45, 7) is 4.84. The number of nitrogens with two attached hydrogens (primary N) is 2. The number of rotatable bonds is 9. The highest BCUT2D eigenvalue weighted by atomic mass is 32.2. The van der Waals surface area contributed by atoms with E-state index in [4.69, 9.17) is 15.9 Å². The molecule has 0 radical (unpaired) electrons. The smallest absolute Gasteiger partial charge is 0.248 e. The molecule has 1 aliphatic carbocycles. The van der Waals surface area contributed by atoms with E-state index >= 15 is 0 Å². The van der Waals surface area contributed by atoms with Crippen molar-refractivity contribution in [3.8, 4) is 11.5 Å². The fraction of sp³-hybridized carbons (Fsp3) is 0.478. The highest BCUT2D eigenvalue weighted by molar-refractivity contribution is 7.92. The number of hydrogen-bond acceptors (Lipinski definition) is 10. The Morgan fingerprint density at radius 3 is 2.51 bits per heavy atom. The average Bonchev–Trinajstić information content (AvgIpc) is 3.23. The molecular formula is C23H32N8O3S. The minimum Gasteiger partial charge on any atom is -0.419 e. The molecule has 0 spiro atoms. The van der Waals surface area contributed by atoms with E-state index in [1.807, 2.05) is 24.1 Å². The lowest BCUT2D eigenvalue weighted by Gasteiger charge is -2.22. The first-order chi connectivity index (χ1) is 16.3. The van der Waals surface area contributed by atoms with Crippen LogP contribution in [0.1, 0.15) is 31.7 Å². The Morgan fingerprint density at radius 1 is 1.20 bits per heavy atom. The van der Waals surface area contributed by atoms with Gasteiger partial charge in [-0.15, -0.1) is 10.2 Å². The number of sulfonamides is 1. The number of anilines is 3. The summed E-state index contributed by atoms with van der Waals surface area (Å²) in [4.78, 5) is 10.6. The quantitative estimate of drug-likeness (QED) is 0.445. The molecule has 3 aromatic rings. The normalized spacial score (nSPS) is 19.3. The van der Waals surface area contributed by atoms with Gasteiger partial charge in [-0.25, -0.2) is 18.4 Å². The molecule has 0 bridgehead atoms. The van der Waals surface area contributed by atoms with Gasteiger partial charge in [0.2, 0.25) is 21.8 Å². The fourth-order valence-electron chi connectivity index (χ4n) is 3.93. The topological polar surface area (TPSA) is 157 Å². The van der Waals surface area contributed by atoms with Crippen LogP contribution in [0, 0.1) is 11.8 Å². The molecule has 4 rings (SSSR count). The third-order valence-corrected chi connectivity index (χ3v) is 7.55. The molecule has 1 saturated carbocycles. The molecule has 1 fully saturated rings. The lowest BCUT2D eigenvalue weighted by Crippen LogP contribution is -2.36. The third kappa shape index (κ3) is 5.70. The highest BCUT2D eigenvalue weighted by Crippen LogP contribution is 2.39. The fourth-order valence-corrected chi connectivity index (χ4v) is 4.36. The molecule has 35 heavy (non-hydrogen) atoms. The van der Waals surface area contributed by atoms with Crippen molar-refractivity contribution in [2.45, 2.75) is 32.2 Å². The second-order valence-corrected chi connectivity index (χ2v) is 11.8. The molecule has 3 unspecified atom stereocenters. The molecule has 12 heteroatoms. The predicted molar refractivity (Wildman–Crippen MR) is 135 cm³/mol. The van der Waals surface area contributed by atoms with Crippen LogP contribution in [0.4, 0.5) is 17.5 Å². The second-order valence-electron chi connectivity index (χ2n) is 9.75. The second kappa shape index (κ2) is 9.08. The largest absolute Gasteiger partial charge is 0.419 e. The monoisotopic (exact) mass is 500 g/mol. The Kier molecular flexibility index (Phi) is 6.45. The third-order valence-electron chi connectivity index (χ3n) is 6.37. The zero-order valence-electron chi connectivity index (χ0n) is 20.6. The molecule has 0 aromatic carbocycles. The van der Waals surface area contributed by atoms with Crippen LogP contribution in [0.2, 0.25) is 0 Å². The summed E-state index contributed by atoms with van der Waals surface area (Å²) in [5.41, 5.74) is 12.8. The zero-order valence-corrected chi connectivity index (χ0v) is 21.5. The van der Waals surface area contributed by atoms with Crippen molar-refractivity contribution in [1.82, 2.24) is 20.2 Å². The van der Waals surface area contributed by atoms with Crippen molar-refractivity contribution >= 4 is 27.5 Å². The number of nitrogen functional groups attached to an aromatic ring is 1. The first-order valence-corrected chi connectivity index (χ1v) is 13.2. The van der Waals surface area contributed by atoms with E-state index < -0.39 is 15.6 Å². The van der Waals surface area contributed by atoms with E-state index in [0.29, 0.717) is 35.5 Å². The summed E-state index contributed by atoms with van der Waals surface area (Å²) < 4.78 is 31.6. The van der Waals surface area contributed by atoms with Gasteiger partial charge in [-0.05, 0) is 61.4 Å². The van der Waals surface area contributed by atoms with Crippen molar-refractivity contribution in [2.75, 3.05) is 41.8 Å². The van der Waals surface area contributed by atoms with Gasteiger partial charge in [0.1, 0.15) is 17.5 Å². The van der Waals surface area contributed by atoms with Gasteiger partial charge < -0.3 is 20.8 Å². The summed E-state index contributed by atoms with van der Waals surface area (Å²) in [6, 6.07) is 7.02. The highest BCUT2D eigenvalue weighted by Gasteiger charge is 2.34. The Bertz CT molecular complexity index is 1320. The van der Waals surface area contributed by atoms with E-state index in [9.17, 15) is 8.42 Å². The van der Waals surface area contributed by atoms with Gasteiger partial charge in [0.25, 0.3) is 0 Å². The molecule has 0 amide bonds. The van der Waals surface area contributed by atoms with E-state index in [2.05, 4.69) is 27.1 Å². The van der Waals surface area contributed by atoms with Gasteiger partial charge in [-0.1, -0.05) is 6.92 Å². The molecular weight excluding hydrogens is 468 g/mol. The van der Waals surface area contributed by atoms with Crippen molar-refractivity contribution in [1.29, 1.82) is 0 Å². The summed E-state index contributed by atoms with van der Waals surface area (Å²) in [5, 5.41) is 8.41. The average molecular weight is 501 g/mol. The Labute approximate surface area is 205 Å². The van der Waals surface area contributed by atoms with Crippen molar-refractivity contribution in [3.05, 3.63) is 41.9 Å². The maximum Gasteiger partial charge on any atom is 0.248 e. The Hall–Kier alpha value is -3.25. The Morgan fingerprint density at radius 2 is 1.89 bits per heavy atom. The van der Waals surface area contributed by atoms with Gasteiger partial charge in [-0.2, -0.15) is 0 Å². The molecule has 188 valence electrons. The lowest BCUT2D eigenvalue weighted by atomic mass is 9.94. The van der Waals surface area contributed by atoms with E-state index in [-0.39, 0.29) is 17.6 Å². The summed E-state index contributed by atoms with van der Waals surface area (Å²) in [7, 11) is -0.117. The van der Waals surface area contributed by atoms with E-state index in [0.717, 1.165) is 22.7 Å². The molecule has 3 aromatic heterocycles. The van der Waals surface area contributed by atoms with Gasteiger partial charge in [0, 0.05) is 32.4 Å². The summed E-state index contributed by atoms with van der Waals surface area (Å²) >= 11 is 0. The number of aromatic nitrogens is 4. The van der Waals surface area contributed by atoms with Gasteiger partial charge in [-0.3, -0.25) is 4.31 Å². The Balaban J connectivity index is 1.67. The number of pyridine rings is 2. The zero-order chi connectivity index (χ0) is 25.5. The number of hydrogen-bond donors (Lipinski definition) is 2. The first kappa shape index (κ1) is 24.9. The minimum absolute atomic E-state index is 0.228. The standard InChI is InChI=1S/C23H32N8O3S/c1-14-8-17(14)13-30(3)19-10-16(11-20(27-19)31(4)35(5,32)33)21-28-29-22(34-21)23(2,25)12-15-6-7-26-18(24)9-15/h6-7,9-11,14,17H,8,12-13,25H2,1-5H3,(H2,24,26). The van der Waals surface area contributed by atoms with Gasteiger partial charge >= 0.3 is 0 Å². The minimum atomic E-state index is -3.52. The number of nitrogens with zero attached hydrogens (tertiary/aromatic N) is 6. The van der Waals surface area contributed by atoms with E-state index in [1.165, 1.54) is 13.5 Å². The van der Waals surface area contributed by atoms with Gasteiger partial charge in [0.05, 0.1) is 11.8 Å². The van der Waals surface area contributed by atoms with Crippen molar-refractivity contribution < 1.29 is 12.8 Å². The van der Waals surface area contributed by atoms with Crippen LogP contribution >= 0.6 is 0 Å². The summed E-state index contributed by atoms with van der Waals surface area (Å²) in [6.07, 6.45) is 4.34. The van der Waals surface area contributed by atoms with E-state index in [1.54, 1.807) is 25.3 Å². The van der Waals surface area contributed by atoms with Crippen LogP contribution in [0.3, 0.4) is 0 Å². The molecule has 0 aliphatic heterocycles. The lowest BCUT2D eigenvalue weighted by molar-refractivity contribution is 0.355. The maximum atomic E-state index is 12.2. The van der Waals surface area contributed by atoms with Crippen LogP contribution < -0.4 is 20.7 Å². The van der Waals surface area contributed by atoms with Crippen molar-refractivity contribution in [2.24, 2.45) is 17.6 Å². The first-order valence-electron chi connectivity index (χ1n) is 11.3. The SMILES string of the molecule is CC1CC1CN(C)c1cc(-c2nnc(C(C)(N)Cc3ccnc(N)c3)o2)cc(N(C)S(C)(=O)=O)n1. The molecule has 0 saturated heterocycles. The maximum absolute atomic E-state index is 12.2. The summed E-state index contributed by atoms with van der Waals surface area (Å²) in [5.74, 6) is 3.03. The molecule has 3 atom stereocenters. The van der Waals surface area contributed by atoms with Gasteiger partial charge in [0.15, 0.2) is 0 Å². The van der Waals surface area contributed by atoms with Crippen LogP contribution in [-0.2, 0) is 22.0 Å². The van der Waals surface area contributed by atoms with Crippen LogP contribution in [0.15, 0.2) is 34.9 Å². The van der Waals surface area contributed by atoms with Crippen LogP contribution in [-0.4, -0.2) is 55.5 Å². The predicted octanol–water partition coefficient (Wildman–Crippen LogP) is 2.01. The molecule has 1 aliphatic rings. The molecule has 11 nitrogen and oxygen atoms in total. The van der Waals surface area contributed by atoms with Crippen molar-refractivity contribution in [3.63, 3.8) is 0 Å². The molecule has 3 heterocycles. The van der Waals surface area contributed by atoms with Crippen LogP contribution in [0.25, 0.3) is 11.5 Å². The van der Waals surface area contributed by atoms with Crippen LogP contribution in [0.5, 0.6) is 0 Å². The molecule has 4 N–H and O–H groups in total.